The van der Waals surface area contributed by atoms with Gasteiger partial charge in [-0.15, -0.1) is 0 Å². The lowest BCUT2D eigenvalue weighted by Crippen LogP contribution is -2.06. The number of furan rings is 1. The third-order valence-electron chi connectivity index (χ3n) is 3.19. The first kappa shape index (κ1) is 14.9. The molecule has 22 heavy (non-hydrogen) atoms. The average molecular weight is 335 g/mol. The highest BCUT2D eigenvalue weighted by Gasteiger charge is 2.15. The fourth-order valence-electron chi connectivity index (χ4n) is 2.16. The number of carbonyl (C=O) groups is 1. The van der Waals surface area contributed by atoms with Crippen molar-refractivity contribution in [3.63, 3.8) is 0 Å². The van der Waals surface area contributed by atoms with E-state index in [1.807, 2.05) is 6.08 Å². The largest absolute Gasteiger partial charge is 0.487 e. The number of allylic oxidation sites excluding steroid dienone is 1. The number of rotatable bonds is 3. The summed E-state index contributed by atoms with van der Waals surface area (Å²) in [6.07, 6.45) is 5.07. The smallest absolute Gasteiger partial charge is 0.221 e. The Morgan fingerprint density at radius 2 is 2.09 bits per heavy atom. The van der Waals surface area contributed by atoms with Gasteiger partial charge in [-0.1, -0.05) is 29.3 Å². The molecule has 1 aromatic carbocycles. The average Bonchev–Trinajstić information content (AvgIpc) is 2.91. The Morgan fingerprint density at radius 3 is 2.82 bits per heavy atom. The molecular formula is C17H12Cl2O3. The van der Waals surface area contributed by atoms with Gasteiger partial charge in [0.05, 0.1) is 5.02 Å². The van der Waals surface area contributed by atoms with E-state index in [-0.39, 0.29) is 5.78 Å². The first-order valence-electron chi connectivity index (χ1n) is 6.64. The highest BCUT2D eigenvalue weighted by atomic mass is 35.5. The van der Waals surface area contributed by atoms with Crippen LogP contribution < -0.4 is 4.74 Å². The Labute approximate surface area is 137 Å². The van der Waals surface area contributed by atoms with E-state index in [0.29, 0.717) is 33.9 Å². The molecule has 0 bridgehead atoms. The lowest BCUT2D eigenvalue weighted by atomic mass is 10.1. The molecule has 0 aliphatic carbocycles. The lowest BCUT2D eigenvalue weighted by Gasteiger charge is -2.17. The van der Waals surface area contributed by atoms with Gasteiger partial charge in [0.25, 0.3) is 0 Å². The number of hydrogen-bond acceptors (Lipinski definition) is 3. The van der Waals surface area contributed by atoms with Crippen LogP contribution in [0.3, 0.4) is 0 Å². The van der Waals surface area contributed by atoms with Crippen molar-refractivity contribution in [2.75, 3.05) is 6.61 Å². The second-order valence-corrected chi connectivity index (χ2v) is 5.77. The van der Waals surface area contributed by atoms with Crippen LogP contribution in [0.25, 0.3) is 6.08 Å². The minimum Gasteiger partial charge on any atom is -0.487 e. The van der Waals surface area contributed by atoms with Crippen LogP contribution in [0.1, 0.15) is 21.9 Å². The molecule has 1 aromatic heterocycles. The molecule has 0 spiro atoms. The summed E-state index contributed by atoms with van der Waals surface area (Å²) in [4.78, 5) is 12.0. The standard InChI is InChI=1S/C17H12Cl2O3/c1-10-2-5-16(22-10)15(20)4-3-11-6-12-7-13(18)8-14(19)17(12)21-9-11/h2-8H,9H2,1H3/b4-3+. The first-order valence-corrected chi connectivity index (χ1v) is 7.40. The van der Waals surface area contributed by atoms with Crippen LogP contribution >= 0.6 is 23.2 Å². The van der Waals surface area contributed by atoms with Gasteiger partial charge in [0.1, 0.15) is 18.1 Å². The van der Waals surface area contributed by atoms with Crippen molar-refractivity contribution in [2.24, 2.45) is 0 Å². The molecule has 5 heteroatoms. The van der Waals surface area contributed by atoms with Gasteiger partial charge in [-0.2, -0.15) is 0 Å². The van der Waals surface area contributed by atoms with E-state index in [0.717, 1.165) is 11.1 Å². The molecule has 0 atom stereocenters. The molecule has 0 N–H and O–H groups in total. The van der Waals surface area contributed by atoms with E-state index in [1.54, 1.807) is 37.3 Å². The molecule has 1 aliphatic heterocycles. The number of benzene rings is 1. The second kappa shape index (κ2) is 6.03. The topological polar surface area (TPSA) is 39.4 Å². The molecule has 2 aromatic rings. The predicted octanol–water partition coefficient (Wildman–Crippen LogP) is 5.11. The highest BCUT2D eigenvalue weighted by molar-refractivity contribution is 6.36. The van der Waals surface area contributed by atoms with Gasteiger partial charge in [0, 0.05) is 10.6 Å². The van der Waals surface area contributed by atoms with Gasteiger partial charge < -0.3 is 9.15 Å². The first-order chi connectivity index (χ1) is 10.5. The molecule has 1 aliphatic rings. The molecule has 3 rings (SSSR count). The number of halogens is 2. The molecule has 0 saturated heterocycles. The van der Waals surface area contributed by atoms with Crippen LogP contribution in [0.5, 0.6) is 5.75 Å². The Bertz CT molecular complexity index is 800. The number of ketones is 1. The van der Waals surface area contributed by atoms with Gasteiger partial charge in [0.15, 0.2) is 5.76 Å². The lowest BCUT2D eigenvalue weighted by molar-refractivity contribution is 0.102. The Balaban J connectivity index is 1.83. The van der Waals surface area contributed by atoms with Gasteiger partial charge in [-0.05, 0) is 48.9 Å². The third-order valence-corrected chi connectivity index (χ3v) is 3.69. The Hall–Kier alpha value is -1.97. The number of aryl methyl sites for hydroxylation is 1. The summed E-state index contributed by atoms with van der Waals surface area (Å²) in [5.41, 5.74) is 1.65. The molecule has 112 valence electrons. The number of hydrogen-bond donors (Lipinski definition) is 0. The van der Waals surface area contributed by atoms with Crippen molar-refractivity contribution in [1.29, 1.82) is 0 Å². The Kier molecular flexibility index (Phi) is 4.10. The van der Waals surface area contributed by atoms with Crippen LogP contribution in [0.4, 0.5) is 0 Å². The van der Waals surface area contributed by atoms with Crippen LogP contribution in [0.2, 0.25) is 10.0 Å². The summed E-state index contributed by atoms with van der Waals surface area (Å²) >= 11 is 12.1. The van der Waals surface area contributed by atoms with Crippen LogP contribution in [-0.4, -0.2) is 12.4 Å². The quantitative estimate of drug-likeness (QED) is 0.578. The molecule has 2 heterocycles. The van der Waals surface area contributed by atoms with Crippen LogP contribution in [-0.2, 0) is 0 Å². The van der Waals surface area contributed by atoms with Gasteiger partial charge in [0.2, 0.25) is 5.78 Å². The van der Waals surface area contributed by atoms with Crippen molar-refractivity contribution in [1.82, 2.24) is 0 Å². The molecule has 0 fully saturated rings. The molecule has 0 radical (unpaired) electrons. The summed E-state index contributed by atoms with van der Waals surface area (Å²) in [6, 6.07) is 6.82. The fraction of sp³-hybridized carbons (Fsp3) is 0.118. The maximum absolute atomic E-state index is 12.0. The van der Waals surface area contributed by atoms with E-state index >= 15 is 0 Å². The van der Waals surface area contributed by atoms with Crippen molar-refractivity contribution < 1.29 is 13.9 Å². The zero-order chi connectivity index (χ0) is 15.7. The number of ether oxygens (including phenoxy) is 1. The van der Waals surface area contributed by atoms with E-state index in [1.165, 1.54) is 6.08 Å². The Morgan fingerprint density at radius 1 is 1.27 bits per heavy atom. The van der Waals surface area contributed by atoms with Crippen molar-refractivity contribution in [2.45, 2.75) is 6.92 Å². The van der Waals surface area contributed by atoms with Gasteiger partial charge >= 0.3 is 0 Å². The second-order valence-electron chi connectivity index (χ2n) is 4.92. The van der Waals surface area contributed by atoms with Crippen LogP contribution in [0, 0.1) is 6.92 Å². The van der Waals surface area contributed by atoms with Crippen molar-refractivity contribution >= 4 is 35.1 Å². The molecular weight excluding hydrogens is 323 g/mol. The van der Waals surface area contributed by atoms with Gasteiger partial charge in [-0.25, -0.2) is 0 Å². The minimum absolute atomic E-state index is 0.191. The van der Waals surface area contributed by atoms with E-state index in [2.05, 4.69) is 0 Å². The maximum atomic E-state index is 12.0. The number of carbonyl (C=O) groups excluding carboxylic acids is 1. The van der Waals surface area contributed by atoms with Crippen LogP contribution in [0.15, 0.2) is 46.4 Å². The minimum atomic E-state index is -0.191. The molecule has 0 unspecified atom stereocenters. The summed E-state index contributed by atoms with van der Waals surface area (Å²) in [5, 5.41) is 1.01. The molecule has 3 nitrogen and oxygen atoms in total. The normalized spacial score (nSPS) is 13.7. The van der Waals surface area contributed by atoms with E-state index in [4.69, 9.17) is 32.4 Å². The highest BCUT2D eigenvalue weighted by Crippen LogP contribution is 2.36. The van der Waals surface area contributed by atoms with E-state index in [9.17, 15) is 4.79 Å². The van der Waals surface area contributed by atoms with Crippen molar-refractivity contribution in [3.05, 3.63) is 69.1 Å². The van der Waals surface area contributed by atoms with Crippen molar-refractivity contribution in [3.8, 4) is 5.75 Å². The monoisotopic (exact) mass is 334 g/mol. The van der Waals surface area contributed by atoms with Gasteiger partial charge in [-0.3, -0.25) is 4.79 Å². The zero-order valence-electron chi connectivity index (χ0n) is 11.7. The zero-order valence-corrected chi connectivity index (χ0v) is 13.2. The third kappa shape index (κ3) is 3.11. The summed E-state index contributed by atoms with van der Waals surface area (Å²) in [5.74, 6) is 1.44. The summed E-state index contributed by atoms with van der Waals surface area (Å²) in [6.45, 7) is 2.14. The summed E-state index contributed by atoms with van der Waals surface area (Å²) < 4.78 is 10.9. The summed E-state index contributed by atoms with van der Waals surface area (Å²) in [7, 11) is 0. The molecule has 0 amide bonds. The SMILES string of the molecule is Cc1ccc(C(=O)/C=C/C2=Cc3cc(Cl)cc(Cl)c3OC2)o1. The number of fused-ring (bicyclic) bond motifs is 1. The predicted molar refractivity (Wildman–Crippen MR) is 86.8 cm³/mol. The fourth-order valence-corrected chi connectivity index (χ4v) is 2.73. The maximum Gasteiger partial charge on any atom is 0.221 e. The van der Waals surface area contributed by atoms with E-state index < -0.39 is 0 Å². The molecule has 0 saturated carbocycles.